The third kappa shape index (κ3) is 1.98. The first-order valence-corrected chi connectivity index (χ1v) is 6.28. The lowest BCUT2D eigenvalue weighted by Crippen LogP contribution is -2.04. The van der Waals surface area contributed by atoms with E-state index in [2.05, 4.69) is 20.3 Å². The lowest BCUT2D eigenvalue weighted by atomic mass is 10.3. The van der Waals surface area contributed by atoms with E-state index in [0.29, 0.717) is 11.0 Å². The second-order valence-electron chi connectivity index (χ2n) is 3.82. The summed E-state index contributed by atoms with van der Waals surface area (Å²) in [5.41, 5.74) is 2.61. The van der Waals surface area contributed by atoms with Crippen LogP contribution in [-0.2, 0) is 4.79 Å². The van der Waals surface area contributed by atoms with Gasteiger partial charge in [-0.2, -0.15) is 0 Å². The minimum atomic E-state index is -0.125. The summed E-state index contributed by atoms with van der Waals surface area (Å²) in [4.78, 5) is 22.9. The Morgan fingerprint density at radius 3 is 2.94 bits per heavy atom. The van der Waals surface area contributed by atoms with Gasteiger partial charge in [0.1, 0.15) is 5.69 Å². The van der Waals surface area contributed by atoms with Gasteiger partial charge in [-0.25, -0.2) is 9.97 Å². The number of hydrogen-bond donors (Lipinski definition) is 2. The minimum absolute atomic E-state index is 0.125. The first-order valence-electron chi connectivity index (χ1n) is 5.40. The van der Waals surface area contributed by atoms with Crippen LogP contribution in [0.3, 0.4) is 0 Å². The fourth-order valence-electron chi connectivity index (χ4n) is 1.66. The summed E-state index contributed by atoms with van der Waals surface area (Å²) in [7, 11) is 0. The summed E-state index contributed by atoms with van der Waals surface area (Å²) in [6, 6.07) is 7.80. The summed E-state index contributed by atoms with van der Waals surface area (Å²) in [6.07, 6.45) is 0. The van der Waals surface area contributed by atoms with Crippen molar-refractivity contribution in [2.75, 3.05) is 5.32 Å². The maximum absolute atomic E-state index is 10.9. The van der Waals surface area contributed by atoms with Crippen LogP contribution in [-0.4, -0.2) is 20.9 Å². The summed E-state index contributed by atoms with van der Waals surface area (Å²) in [5.74, 6) is 0.588. The number of thiazole rings is 1. The van der Waals surface area contributed by atoms with E-state index >= 15 is 0 Å². The van der Waals surface area contributed by atoms with Gasteiger partial charge < -0.3 is 10.3 Å². The Bertz CT molecular complexity index is 683. The second kappa shape index (κ2) is 4.23. The number of benzene rings is 1. The SMILES string of the molecule is CC(=O)Nc1nc(-c2nc3ccccc3[nH]2)cs1. The number of fused-ring (bicyclic) bond motifs is 1. The van der Waals surface area contributed by atoms with E-state index in [1.165, 1.54) is 18.3 Å². The van der Waals surface area contributed by atoms with Gasteiger partial charge in [0.05, 0.1) is 11.0 Å². The summed E-state index contributed by atoms with van der Waals surface area (Å²) >= 11 is 1.38. The molecule has 0 saturated heterocycles. The second-order valence-corrected chi connectivity index (χ2v) is 4.68. The average Bonchev–Trinajstić information content (AvgIpc) is 2.93. The van der Waals surface area contributed by atoms with Crippen LogP contribution in [0.4, 0.5) is 5.13 Å². The zero-order chi connectivity index (χ0) is 12.5. The number of imidazole rings is 1. The van der Waals surface area contributed by atoms with Crippen LogP contribution in [0.5, 0.6) is 0 Å². The molecule has 0 fully saturated rings. The van der Waals surface area contributed by atoms with Gasteiger partial charge in [-0.3, -0.25) is 4.79 Å². The Labute approximate surface area is 107 Å². The van der Waals surface area contributed by atoms with Crippen molar-refractivity contribution in [3.63, 3.8) is 0 Å². The third-order valence-electron chi connectivity index (χ3n) is 2.42. The predicted molar refractivity (Wildman–Crippen MR) is 71.5 cm³/mol. The van der Waals surface area contributed by atoms with Gasteiger partial charge in [0.25, 0.3) is 0 Å². The van der Waals surface area contributed by atoms with Gasteiger partial charge in [0, 0.05) is 12.3 Å². The number of carbonyl (C=O) groups is 1. The predicted octanol–water partition coefficient (Wildman–Crippen LogP) is 2.64. The van der Waals surface area contributed by atoms with Crippen molar-refractivity contribution >= 4 is 33.4 Å². The largest absolute Gasteiger partial charge is 0.337 e. The van der Waals surface area contributed by atoms with Crippen LogP contribution in [0.25, 0.3) is 22.6 Å². The molecule has 2 heterocycles. The van der Waals surface area contributed by atoms with E-state index < -0.39 is 0 Å². The summed E-state index contributed by atoms with van der Waals surface area (Å²) < 4.78 is 0. The Balaban J connectivity index is 1.98. The van der Waals surface area contributed by atoms with E-state index in [0.717, 1.165) is 16.7 Å². The number of aromatic nitrogens is 3. The molecule has 1 aromatic carbocycles. The highest BCUT2D eigenvalue weighted by atomic mass is 32.1. The molecule has 3 aromatic rings. The van der Waals surface area contributed by atoms with Crippen molar-refractivity contribution in [3.05, 3.63) is 29.6 Å². The fourth-order valence-corrected chi connectivity index (χ4v) is 2.41. The van der Waals surface area contributed by atoms with Crippen molar-refractivity contribution in [1.82, 2.24) is 15.0 Å². The van der Waals surface area contributed by atoms with Crippen molar-refractivity contribution < 1.29 is 4.79 Å². The topological polar surface area (TPSA) is 70.7 Å². The molecule has 2 N–H and O–H groups in total. The van der Waals surface area contributed by atoms with E-state index in [9.17, 15) is 4.79 Å². The number of rotatable bonds is 2. The number of nitrogens with one attached hydrogen (secondary N) is 2. The number of nitrogens with zero attached hydrogens (tertiary/aromatic N) is 2. The number of H-pyrrole nitrogens is 1. The van der Waals surface area contributed by atoms with Gasteiger partial charge in [-0.1, -0.05) is 12.1 Å². The van der Waals surface area contributed by atoms with E-state index in [4.69, 9.17) is 0 Å². The molecule has 0 aliphatic carbocycles. The fraction of sp³-hybridized carbons (Fsp3) is 0.0833. The van der Waals surface area contributed by atoms with Crippen LogP contribution in [0.1, 0.15) is 6.92 Å². The van der Waals surface area contributed by atoms with Crippen molar-refractivity contribution in [3.8, 4) is 11.5 Å². The molecule has 0 aliphatic rings. The van der Waals surface area contributed by atoms with Gasteiger partial charge >= 0.3 is 0 Å². The molecule has 90 valence electrons. The lowest BCUT2D eigenvalue weighted by Gasteiger charge is -1.92. The quantitative estimate of drug-likeness (QED) is 0.742. The lowest BCUT2D eigenvalue weighted by molar-refractivity contribution is -0.114. The summed E-state index contributed by atoms with van der Waals surface area (Å²) in [5, 5.41) is 5.10. The van der Waals surface area contributed by atoms with E-state index in [-0.39, 0.29) is 5.91 Å². The number of para-hydroxylation sites is 2. The zero-order valence-corrected chi connectivity index (χ0v) is 10.4. The molecule has 0 spiro atoms. The molecular formula is C12H10N4OS. The average molecular weight is 258 g/mol. The molecule has 1 amide bonds. The molecule has 0 unspecified atom stereocenters. The molecule has 0 saturated carbocycles. The van der Waals surface area contributed by atoms with Gasteiger partial charge in [0.15, 0.2) is 11.0 Å². The first kappa shape index (κ1) is 10.9. The smallest absolute Gasteiger partial charge is 0.223 e. The number of anilines is 1. The monoisotopic (exact) mass is 258 g/mol. The highest BCUT2D eigenvalue weighted by molar-refractivity contribution is 7.14. The molecule has 0 radical (unpaired) electrons. The van der Waals surface area contributed by atoms with Crippen LogP contribution < -0.4 is 5.32 Å². The third-order valence-corrected chi connectivity index (χ3v) is 3.18. The maximum atomic E-state index is 10.9. The molecule has 18 heavy (non-hydrogen) atoms. The van der Waals surface area contributed by atoms with Gasteiger partial charge in [-0.15, -0.1) is 11.3 Å². The first-order chi connectivity index (χ1) is 8.72. The van der Waals surface area contributed by atoms with Crippen LogP contribution >= 0.6 is 11.3 Å². The van der Waals surface area contributed by atoms with Crippen molar-refractivity contribution in [2.45, 2.75) is 6.92 Å². The normalized spacial score (nSPS) is 10.7. The van der Waals surface area contributed by atoms with E-state index in [1.54, 1.807) is 0 Å². The molecular weight excluding hydrogens is 248 g/mol. The highest BCUT2D eigenvalue weighted by Crippen LogP contribution is 2.24. The molecule has 0 atom stereocenters. The maximum Gasteiger partial charge on any atom is 0.223 e. The zero-order valence-electron chi connectivity index (χ0n) is 9.60. The number of carbonyl (C=O) groups excluding carboxylic acids is 1. The molecule has 2 aromatic heterocycles. The Morgan fingerprint density at radius 2 is 2.17 bits per heavy atom. The minimum Gasteiger partial charge on any atom is -0.337 e. The van der Waals surface area contributed by atoms with E-state index in [1.807, 2.05) is 29.6 Å². The van der Waals surface area contributed by atoms with Crippen LogP contribution in [0, 0.1) is 0 Å². The van der Waals surface area contributed by atoms with Crippen molar-refractivity contribution in [2.24, 2.45) is 0 Å². The molecule has 3 rings (SSSR count). The standard InChI is InChI=1S/C12H10N4OS/c1-7(17)13-12-16-10(6-18-12)11-14-8-4-2-3-5-9(8)15-11/h2-6H,1H3,(H,14,15)(H,13,16,17). The Kier molecular flexibility index (Phi) is 2.56. The van der Waals surface area contributed by atoms with Crippen LogP contribution in [0.15, 0.2) is 29.6 Å². The molecule has 6 heteroatoms. The Morgan fingerprint density at radius 1 is 1.33 bits per heavy atom. The number of aromatic amines is 1. The van der Waals surface area contributed by atoms with Crippen LogP contribution in [0.2, 0.25) is 0 Å². The Hall–Kier alpha value is -2.21. The molecule has 0 aliphatic heterocycles. The van der Waals surface area contributed by atoms with Gasteiger partial charge in [0.2, 0.25) is 5.91 Å². The number of amides is 1. The molecule has 0 bridgehead atoms. The number of hydrogen-bond acceptors (Lipinski definition) is 4. The molecule has 5 nitrogen and oxygen atoms in total. The highest BCUT2D eigenvalue weighted by Gasteiger charge is 2.09. The van der Waals surface area contributed by atoms with Crippen molar-refractivity contribution in [1.29, 1.82) is 0 Å². The van der Waals surface area contributed by atoms with Gasteiger partial charge in [-0.05, 0) is 12.1 Å². The summed E-state index contributed by atoms with van der Waals surface area (Å²) in [6.45, 7) is 1.46.